The van der Waals surface area contributed by atoms with Gasteiger partial charge in [-0.15, -0.1) is 0 Å². The Bertz CT molecular complexity index is 1150. The number of allylic oxidation sites excluding steroid dienone is 1. The standard InChI is InChI=1S/2C13H22N2O2.C6H9BrO2.C4H5ClO.BF3.BrH.FH/c2*1-4-5-6-14-7-8-15(11-14)9-10-17-13(16)12(2)3;1-5(2)6(8)9-4-3-7;1-3(2)4(5)6;2-1(3)4;;/h2*7-8H,2,4-6,9-11H2,1,3H3;1,3-4H2,2H3;1H2,2H3;;2*1H/p-2. The van der Waals surface area contributed by atoms with Crippen LogP contribution >= 0.6 is 27.5 Å². The van der Waals surface area contributed by atoms with Gasteiger partial charge in [0.05, 0.1) is 26.4 Å². The molecule has 11 nitrogen and oxygen atoms in total. The average Bonchev–Trinajstić information content (AvgIpc) is 3.74. The van der Waals surface area contributed by atoms with Crippen molar-refractivity contribution in [3.8, 4) is 0 Å². The van der Waals surface area contributed by atoms with Gasteiger partial charge in [0.15, 0.2) is 0 Å². The lowest BCUT2D eigenvalue weighted by molar-refractivity contribution is -0.140. The molecule has 2 aliphatic rings. The molecule has 0 spiro atoms. The summed E-state index contributed by atoms with van der Waals surface area (Å²) in [6, 6.07) is 0. The predicted octanol–water partition coefficient (Wildman–Crippen LogP) is 1.62. The second-order valence-corrected chi connectivity index (χ2v) is 12.7. The van der Waals surface area contributed by atoms with Crippen molar-refractivity contribution in [2.75, 3.05) is 64.7 Å². The summed E-state index contributed by atoms with van der Waals surface area (Å²) in [5.41, 5.74) is 1.73. The van der Waals surface area contributed by atoms with E-state index in [2.05, 4.69) is 92.8 Å². The Labute approximate surface area is 349 Å². The van der Waals surface area contributed by atoms with Gasteiger partial charge in [0, 0.05) is 65.5 Å². The maximum atomic E-state index is 11.2. The summed E-state index contributed by atoms with van der Waals surface area (Å²) in [7, 11) is -3.67. The van der Waals surface area contributed by atoms with Gasteiger partial charge in [0.2, 0.25) is 5.24 Å². The molecule has 0 unspecified atom stereocenters. The Hall–Kier alpha value is -3.25. The van der Waals surface area contributed by atoms with Crippen LogP contribution in [0.15, 0.2) is 73.4 Å². The Morgan fingerprint density at radius 3 is 1.11 bits per heavy atom. The second-order valence-electron chi connectivity index (χ2n) is 11.6. The molecule has 2 heterocycles. The van der Waals surface area contributed by atoms with Crippen molar-refractivity contribution in [3.05, 3.63) is 73.4 Å². The largest absolute Gasteiger partial charge is 1.00 e. The van der Waals surface area contributed by atoms with Crippen LogP contribution in [-0.2, 0) is 33.4 Å². The number of alkyl halides is 1. The van der Waals surface area contributed by atoms with E-state index in [1.807, 2.05) is 12.4 Å². The lowest BCUT2D eigenvalue weighted by Crippen LogP contribution is -3.00. The number of rotatable bonds is 18. The van der Waals surface area contributed by atoms with Gasteiger partial charge in [0.1, 0.15) is 19.8 Å². The topological polar surface area (TPSA) is 109 Å². The molecule has 0 atom stereocenters. The molecule has 0 N–H and O–H groups in total. The first-order chi connectivity index (χ1) is 24.8. The third-order valence-electron chi connectivity index (χ3n) is 6.22. The van der Waals surface area contributed by atoms with Gasteiger partial charge in [-0.2, -0.15) is 0 Å². The zero-order valence-electron chi connectivity index (χ0n) is 32.9. The van der Waals surface area contributed by atoms with Gasteiger partial charge < -0.3 is 55.5 Å². The van der Waals surface area contributed by atoms with E-state index in [9.17, 15) is 32.1 Å². The first kappa shape index (κ1) is 61.0. The number of carbonyl (C=O) groups excluding carboxylic acids is 4. The zero-order chi connectivity index (χ0) is 41.4. The van der Waals surface area contributed by atoms with Gasteiger partial charge in [-0.1, -0.05) is 68.9 Å². The molecule has 0 amide bonds. The van der Waals surface area contributed by atoms with Crippen LogP contribution in [0.25, 0.3) is 0 Å². The van der Waals surface area contributed by atoms with E-state index in [-0.39, 0.29) is 39.6 Å². The molecule has 0 aromatic carbocycles. The van der Waals surface area contributed by atoms with Gasteiger partial charge in [0.25, 0.3) is 0 Å². The lowest BCUT2D eigenvalue weighted by Gasteiger charge is -2.20. The molecule has 0 fully saturated rings. The number of carbonyl (C=O) groups is 4. The minimum absolute atomic E-state index is 0. The van der Waals surface area contributed by atoms with Crippen LogP contribution in [0.1, 0.15) is 67.2 Å². The van der Waals surface area contributed by atoms with Crippen molar-refractivity contribution in [2.45, 2.75) is 67.2 Å². The molecule has 0 aliphatic carbocycles. The predicted molar refractivity (Wildman–Crippen MR) is 211 cm³/mol. The van der Waals surface area contributed by atoms with E-state index >= 15 is 0 Å². The van der Waals surface area contributed by atoms with Crippen LogP contribution in [0, 0.1) is 0 Å². The third-order valence-corrected chi connectivity index (χ3v) is 6.86. The molecule has 0 aromatic heterocycles. The molecule has 19 heteroatoms. The quantitative estimate of drug-likeness (QED) is 0.0381. The third kappa shape index (κ3) is 40.2. The maximum absolute atomic E-state index is 11.2. The monoisotopic (exact) mass is 938 g/mol. The van der Waals surface area contributed by atoms with E-state index in [0.717, 1.165) is 39.5 Å². The number of hydrogen-bond acceptors (Lipinski definition) is 11. The fraction of sp³-hybridized carbons (Fsp3) is 0.556. The summed E-state index contributed by atoms with van der Waals surface area (Å²) >= 11 is 7.99. The highest BCUT2D eigenvalue weighted by atomic mass is 79.9. The molecule has 55 heavy (non-hydrogen) atoms. The molecular formula is C36H58BBr2ClF4N4O7-2. The summed E-state index contributed by atoms with van der Waals surface area (Å²) in [6.07, 6.45) is 13.1. The van der Waals surface area contributed by atoms with E-state index in [0.29, 0.717) is 47.4 Å². The van der Waals surface area contributed by atoms with E-state index in [1.54, 1.807) is 27.7 Å². The fourth-order valence-corrected chi connectivity index (χ4v) is 3.51. The van der Waals surface area contributed by atoms with Crippen LogP contribution in [0.4, 0.5) is 12.9 Å². The molecule has 0 saturated heterocycles. The first-order valence-electron chi connectivity index (χ1n) is 17.0. The highest BCUT2D eigenvalue weighted by Gasteiger charge is 2.13. The van der Waals surface area contributed by atoms with Crippen LogP contribution < -0.4 is 21.7 Å². The number of hydrogen-bond donors (Lipinski definition) is 0. The minimum atomic E-state index is -3.67. The summed E-state index contributed by atoms with van der Waals surface area (Å²) in [5.74, 6) is -0.943. The highest BCUT2D eigenvalue weighted by Crippen LogP contribution is 2.09. The summed E-state index contributed by atoms with van der Waals surface area (Å²) in [4.78, 5) is 51.5. The van der Waals surface area contributed by atoms with Crippen LogP contribution in [-0.4, -0.2) is 115 Å². The number of esters is 3. The van der Waals surface area contributed by atoms with Crippen molar-refractivity contribution in [1.82, 2.24) is 19.6 Å². The number of halogens is 7. The van der Waals surface area contributed by atoms with Gasteiger partial charge >= 0.3 is 25.5 Å². The van der Waals surface area contributed by atoms with Crippen molar-refractivity contribution >= 4 is 58.2 Å². The van der Waals surface area contributed by atoms with Gasteiger partial charge in [-0.05, 0) is 52.1 Å². The normalized spacial score (nSPS) is 11.5. The highest BCUT2D eigenvalue weighted by molar-refractivity contribution is 9.09. The van der Waals surface area contributed by atoms with Crippen LogP contribution in [0.5, 0.6) is 0 Å². The molecule has 0 bridgehead atoms. The van der Waals surface area contributed by atoms with Gasteiger partial charge in [-0.25, -0.2) is 14.4 Å². The summed E-state index contributed by atoms with van der Waals surface area (Å²) in [6.45, 7) is 31.3. The first-order valence-corrected chi connectivity index (χ1v) is 18.5. The number of unbranched alkanes of at least 4 members (excludes halogenated alkanes) is 2. The molecular weight excluding hydrogens is 882 g/mol. The molecule has 0 radical (unpaired) electrons. The van der Waals surface area contributed by atoms with Crippen molar-refractivity contribution < 1.29 is 68.0 Å². The molecule has 0 aromatic rings. The molecule has 2 aliphatic heterocycles. The van der Waals surface area contributed by atoms with Crippen molar-refractivity contribution in [3.63, 3.8) is 0 Å². The van der Waals surface area contributed by atoms with Crippen LogP contribution in [0.3, 0.4) is 0 Å². The number of ether oxygens (including phenoxy) is 3. The molecule has 2 rings (SSSR count). The van der Waals surface area contributed by atoms with Crippen LogP contribution in [0.2, 0.25) is 0 Å². The number of nitrogens with zero attached hydrogens (tertiary/aromatic N) is 4. The SMILES string of the molecule is C=C(C)C(=O)Cl.C=C(C)C(=O)OCCBr.C=C(C)C(=O)OCCN1C=CN(CCCC)C1.C=C(C)C(=O)OCCN1C=CN(CCCC)C1.FB(F)F.[Br-].[F-]. The fourth-order valence-electron chi connectivity index (χ4n) is 3.35. The molecule has 0 saturated carbocycles. The minimum Gasteiger partial charge on any atom is -1.00 e. The van der Waals surface area contributed by atoms with Gasteiger partial charge in [-0.3, -0.25) is 17.7 Å². The van der Waals surface area contributed by atoms with E-state index in [1.165, 1.54) is 25.7 Å². The lowest BCUT2D eigenvalue weighted by atomic mass is 10.3. The second kappa shape index (κ2) is 39.0. The molecule has 318 valence electrons. The Morgan fingerprint density at radius 1 is 0.636 bits per heavy atom. The average molecular weight is 941 g/mol. The van der Waals surface area contributed by atoms with E-state index < -0.39 is 12.8 Å². The Morgan fingerprint density at radius 2 is 0.891 bits per heavy atom. The van der Waals surface area contributed by atoms with E-state index in [4.69, 9.17) is 21.1 Å². The zero-order valence-corrected chi connectivity index (χ0v) is 36.8. The smallest absolute Gasteiger partial charge is 0.762 e. The summed E-state index contributed by atoms with van der Waals surface area (Å²) in [5, 5.41) is 0.210. The Balaban J connectivity index is -0.000000205. The van der Waals surface area contributed by atoms with Crippen molar-refractivity contribution in [2.24, 2.45) is 0 Å². The maximum Gasteiger partial charge on any atom is 0.762 e. The van der Waals surface area contributed by atoms with Crippen molar-refractivity contribution in [1.29, 1.82) is 0 Å². The summed E-state index contributed by atoms with van der Waals surface area (Å²) < 4.78 is 43.8. The Kier molecular flexibility index (Phi) is 43.3.